The van der Waals surface area contributed by atoms with Crippen molar-refractivity contribution in [3.63, 3.8) is 0 Å². The molecule has 3 rings (SSSR count). The number of benzene rings is 2. The SMILES string of the molecule is CCOC(=O)C1(Cc2ccc(Cl)cc2)CCN(Cc2ccc(OC)cc2O)CC1. The first-order chi connectivity index (χ1) is 14.0. The van der Waals surface area contributed by atoms with Crippen molar-refractivity contribution in [2.45, 2.75) is 32.7 Å². The molecule has 0 radical (unpaired) electrons. The van der Waals surface area contributed by atoms with Gasteiger partial charge in [0, 0.05) is 23.2 Å². The third kappa shape index (κ3) is 5.22. The molecule has 1 heterocycles. The van der Waals surface area contributed by atoms with Gasteiger partial charge in [0.05, 0.1) is 19.1 Å². The number of nitrogens with zero attached hydrogens (tertiary/aromatic N) is 1. The Morgan fingerprint density at radius 2 is 1.86 bits per heavy atom. The molecule has 0 bridgehead atoms. The Labute approximate surface area is 177 Å². The van der Waals surface area contributed by atoms with E-state index in [1.165, 1.54) is 0 Å². The first-order valence-electron chi connectivity index (χ1n) is 9.95. The number of phenolic OH excluding ortho intramolecular Hbond substituents is 1. The molecule has 5 nitrogen and oxygen atoms in total. The molecule has 2 aromatic rings. The molecule has 6 heteroatoms. The highest BCUT2D eigenvalue weighted by molar-refractivity contribution is 6.30. The van der Waals surface area contributed by atoms with Crippen LogP contribution >= 0.6 is 11.6 Å². The van der Waals surface area contributed by atoms with Crippen LogP contribution in [0.25, 0.3) is 0 Å². The molecule has 1 saturated heterocycles. The number of halogens is 1. The Balaban J connectivity index is 1.70. The third-order valence-corrected chi connectivity index (χ3v) is 5.92. The van der Waals surface area contributed by atoms with Crippen molar-refractivity contribution in [3.8, 4) is 11.5 Å². The van der Waals surface area contributed by atoms with Crippen LogP contribution in [-0.4, -0.2) is 42.8 Å². The van der Waals surface area contributed by atoms with E-state index >= 15 is 0 Å². The Morgan fingerprint density at radius 3 is 2.45 bits per heavy atom. The van der Waals surface area contributed by atoms with Crippen molar-refractivity contribution in [1.82, 2.24) is 4.90 Å². The molecule has 1 fully saturated rings. The smallest absolute Gasteiger partial charge is 0.312 e. The number of carbonyl (C=O) groups is 1. The second-order valence-electron chi connectivity index (χ2n) is 7.57. The van der Waals surface area contributed by atoms with Gasteiger partial charge in [-0.05, 0) is 63.0 Å². The van der Waals surface area contributed by atoms with E-state index in [2.05, 4.69) is 4.90 Å². The molecule has 0 saturated carbocycles. The Bertz CT molecular complexity index is 829. The highest BCUT2D eigenvalue weighted by Gasteiger charge is 2.42. The van der Waals surface area contributed by atoms with Crippen molar-refractivity contribution >= 4 is 17.6 Å². The van der Waals surface area contributed by atoms with E-state index in [1.807, 2.05) is 43.3 Å². The van der Waals surface area contributed by atoms with Gasteiger partial charge in [0.2, 0.25) is 0 Å². The fourth-order valence-corrected chi connectivity index (χ4v) is 4.04. The van der Waals surface area contributed by atoms with Crippen molar-refractivity contribution < 1.29 is 19.4 Å². The zero-order chi connectivity index (χ0) is 20.9. The fraction of sp³-hybridized carbons (Fsp3) is 0.435. The fourth-order valence-electron chi connectivity index (χ4n) is 3.91. The number of aromatic hydroxyl groups is 1. The standard InChI is InChI=1S/C23H28ClNO4/c1-3-29-22(27)23(15-17-4-7-19(24)8-5-17)10-12-25(13-11-23)16-18-6-9-20(28-2)14-21(18)26/h4-9,14,26H,3,10-13,15-16H2,1-2H3. The van der Waals surface area contributed by atoms with E-state index < -0.39 is 5.41 Å². The first kappa shape index (κ1) is 21.5. The molecule has 0 unspecified atom stereocenters. The number of carbonyl (C=O) groups excluding carboxylic acids is 1. The van der Waals surface area contributed by atoms with Gasteiger partial charge in [-0.3, -0.25) is 9.69 Å². The summed E-state index contributed by atoms with van der Waals surface area (Å²) in [6.07, 6.45) is 2.07. The maximum absolute atomic E-state index is 12.9. The van der Waals surface area contributed by atoms with Crippen molar-refractivity contribution in [2.75, 3.05) is 26.8 Å². The van der Waals surface area contributed by atoms with E-state index in [9.17, 15) is 9.90 Å². The van der Waals surface area contributed by atoms with E-state index in [0.29, 0.717) is 43.2 Å². The molecular weight excluding hydrogens is 390 g/mol. The van der Waals surface area contributed by atoms with Gasteiger partial charge in [0.25, 0.3) is 0 Å². The highest BCUT2D eigenvalue weighted by atomic mass is 35.5. The number of esters is 1. The van der Waals surface area contributed by atoms with Gasteiger partial charge in [-0.15, -0.1) is 0 Å². The van der Waals surface area contributed by atoms with Crippen LogP contribution < -0.4 is 4.74 Å². The lowest BCUT2D eigenvalue weighted by atomic mass is 9.73. The summed E-state index contributed by atoms with van der Waals surface area (Å²) in [5.41, 5.74) is 1.42. The predicted molar refractivity (Wildman–Crippen MR) is 113 cm³/mol. The van der Waals surface area contributed by atoms with Crippen molar-refractivity contribution in [3.05, 3.63) is 58.6 Å². The van der Waals surface area contributed by atoms with Gasteiger partial charge >= 0.3 is 5.97 Å². The van der Waals surface area contributed by atoms with E-state index in [-0.39, 0.29) is 11.7 Å². The second-order valence-corrected chi connectivity index (χ2v) is 8.01. The maximum atomic E-state index is 12.9. The molecule has 0 aromatic heterocycles. The van der Waals surface area contributed by atoms with Crippen LogP contribution in [0.15, 0.2) is 42.5 Å². The van der Waals surface area contributed by atoms with Crippen LogP contribution in [0.2, 0.25) is 5.02 Å². The van der Waals surface area contributed by atoms with Crippen LogP contribution in [0, 0.1) is 5.41 Å². The second kappa shape index (κ2) is 9.51. The Morgan fingerprint density at radius 1 is 1.17 bits per heavy atom. The number of likely N-dealkylation sites (tertiary alicyclic amines) is 1. The van der Waals surface area contributed by atoms with Crippen molar-refractivity contribution in [1.29, 1.82) is 0 Å². The maximum Gasteiger partial charge on any atom is 0.312 e. The van der Waals surface area contributed by atoms with Crippen LogP contribution in [0.4, 0.5) is 0 Å². The lowest BCUT2D eigenvalue weighted by molar-refractivity contribution is -0.158. The lowest BCUT2D eigenvalue weighted by Crippen LogP contribution is -2.46. The summed E-state index contributed by atoms with van der Waals surface area (Å²) in [5, 5.41) is 10.9. The summed E-state index contributed by atoms with van der Waals surface area (Å²) in [7, 11) is 1.58. The van der Waals surface area contributed by atoms with Gasteiger partial charge in [-0.2, -0.15) is 0 Å². The summed E-state index contributed by atoms with van der Waals surface area (Å²) in [5.74, 6) is 0.740. The molecular formula is C23H28ClNO4. The van der Waals surface area contributed by atoms with Crippen molar-refractivity contribution in [2.24, 2.45) is 5.41 Å². The van der Waals surface area contributed by atoms with Gasteiger partial charge < -0.3 is 14.6 Å². The predicted octanol–water partition coefficient (Wildman–Crippen LogP) is 4.44. The van der Waals surface area contributed by atoms with E-state index in [1.54, 1.807) is 13.2 Å². The number of phenols is 1. The molecule has 29 heavy (non-hydrogen) atoms. The van der Waals surface area contributed by atoms with Gasteiger partial charge in [0.15, 0.2) is 0 Å². The average molecular weight is 418 g/mol. The minimum absolute atomic E-state index is 0.123. The van der Waals surface area contributed by atoms with Crippen LogP contribution in [0.1, 0.15) is 30.9 Å². The zero-order valence-corrected chi connectivity index (χ0v) is 17.7. The molecule has 1 N–H and O–H groups in total. The third-order valence-electron chi connectivity index (χ3n) is 5.66. The molecule has 156 valence electrons. The largest absolute Gasteiger partial charge is 0.507 e. The van der Waals surface area contributed by atoms with E-state index in [0.717, 1.165) is 24.2 Å². The highest BCUT2D eigenvalue weighted by Crippen LogP contribution is 2.38. The summed E-state index contributed by atoms with van der Waals surface area (Å²) < 4.78 is 10.6. The molecule has 0 amide bonds. The van der Waals surface area contributed by atoms with Gasteiger partial charge in [-0.1, -0.05) is 29.8 Å². The quantitative estimate of drug-likeness (QED) is 0.675. The summed E-state index contributed by atoms with van der Waals surface area (Å²) in [4.78, 5) is 15.1. The minimum atomic E-state index is -0.526. The van der Waals surface area contributed by atoms with Crippen LogP contribution in [0.3, 0.4) is 0 Å². The number of rotatable bonds is 7. The monoisotopic (exact) mass is 417 g/mol. The summed E-state index contributed by atoms with van der Waals surface area (Å²) >= 11 is 6.00. The average Bonchev–Trinajstić information content (AvgIpc) is 2.73. The number of piperidine rings is 1. The van der Waals surface area contributed by atoms with Crippen LogP contribution in [0.5, 0.6) is 11.5 Å². The summed E-state index contributed by atoms with van der Waals surface area (Å²) in [6, 6.07) is 13.0. The Hall–Kier alpha value is -2.24. The normalized spacial score (nSPS) is 16.4. The summed E-state index contributed by atoms with van der Waals surface area (Å²) in [6.45, 7) is 4.38. The molecule has 1 aliphatic rings. The molecule has 2 aromatic carbocycles. The number of ether oxygens (including phenoxy) is 2. The van der Waals surface area contributed by atoms with Gasteiger partial charge in [0.1, 0.15) is 11.5 Å². The number of hydrogen-bond donors (Lipinski definition) is 1. The number of methoxy groups -OCH3 is 1. The zero-order valence-electron chi connectivity index (χ0n) is 17.0. The van der Waals surface area contributed by atoms with E-state index in [4.69, 9.17) is 21.1 Å². The molecule has 0 aliphatic carbocycles. The molecule has 1 aliphatic heterocycles. The lowest BCUT2D eigenvalue weighted by Gasteiger charge is -2.40. The molecule has 0 spiro atoms. The topological polar surface area (TPSA) is 59.0 Å². The van der Waals surface area contributed by atoms with Gasteiger partial charge in [-0.25, -0.2) is 0 Å². The van der Waals surface area contributed by atoms with Crippen LogP contribution in [-0.2, 0) is 22.5 Å². The minimum Gasteiger partial charge on any atom is -0.507 e. The Kier molecular flexibility index (Phi) is 7.04. The number of hydrogen-bond acceptors (Lipinski definition) is 5. The first-order valence-corrected chi connectivity index (χ1v) is 10.3. The molecule has 0 atom stereocenters.